The van der Waals surface area contributed by atoms with Crippen molar-refractivity contribution in [3.8, 4) is 0 Å². The molecule has 0 radical (unpaired) electrons. The van der Waals surface area contributed by atoms with Gasteiger partial charge in [0.25, 0.3) is 0 Å². The summed E-state index contributed by atoms with van der Waals surface area (Å²) in [6.45, 7) is 0. The first-order chi connectivity index (χ1) is 0. The fourth-order valence-corrected chi connectivity index (χ4v) is 0. The van der Waals surface area contributed by atoms with Crippen LogP contribution < -0.4 is 0 Å². The molecule has 0 N–H and O–H groups in total. The van der Waals surface area contributed by atoms with Gasteiger partial charge in [0.2, 0.25) is 0 Å². The topological polar surface area (TPSA) is 0 Å². The van der Waals surface area contributed by atoms with Crippen molar-refractivity contribution >= 4 is 0 Å². The van der Waals surface area contributed by atoms with Gasteiger partial charge in [-0.25, -0.2) is 0 Å². The predicted octanol–water partition coefficient (Wildman–Crippen LogP) is 1.22. The van der Waals surface area contributed by atoms with Crippen molar-refractivity contribution in [2.75, 3.05) is 0 Å². The van der Waals surface area contributed by atoms with Crippen molar-refractivity contribution in [2.24, 2.45) is 0 Å². The molecule has 0 aliphatic carbocycles. The Bertz CT molecular complexity index is 4.53. The van der Waals surface area contributed by atoms with E-state index in [4.69, 9.17) is 0 Å². The monoisotopic (exact) mass is 250 g/mol. The summed E-state index contributed by atoms with van der Waals surface area (Å²) >= 11 is 0. The molecule has 0 aromatic heterocycles. The van der Waals surface area contributed by atoms with Crippen molar-refractivity contribution < 1.29 is 63.8 Å². The third kappa shape index (κ3) is 3190. The fourth-order valence-electron chi connectivity index (χ4n) is 0. The fraction of sp³-hybridized carbons (Fsp3) is 0. The van der Waals surface area contributed by atoms with Gasteiger partial charge in [-0.05, 0) is 0 Å². The summed E-state index contributed by atoms with van der Waals surface area (Å²) in [4.78, 5) is 0. The van der Waals surface area contributed by atoms with Crippen molar-refractivity contribution in [3.05, 3.63) is 0 Å². The smallest absolute Gasteiger partial charge is 0 e. The SMILES string of the molecule is F.F.F.F.F.F.F.F.[Zr]. The van der Waals surface area contributed by atoms with Gasteiger partial charge in [-0.1, -0.05) is 0 Å². The van der Waals surface area contributed by atoms with Gasteiger partial charge >= 0.3 is 0 Å². The van der Waals surface area contributed by atoms with Gasteiger partial charge in [0.15, 0.2) is 0 Å². The molecule has 0 nitrogen and oxygen atoms in total. The molecule has 0 heterocycles. The van der Waals surface area contributed by atoms with Gasteiger partial charge < -0.3 is 0 Å². The van der Waals surface area contributed by atoms with Crippen molar-refractivity contribution in [1.82, 2.24) is 0 Å². The molecule has 0 saturated carbocycles. The summed E-state index contributed by atoms with van der Waals surface area (Å²) in [7, 11) is 0. The van der Waals surface area contributed by atoms with Crippen LogP contribution in [0.4, 0.5) is 37.6 Å². The Morgan fingerprint density at radius 2 is 0.222 bits per heavy atom. The van der Waals surface area contributed by atoms with Gasteiger partial charge in [-0.2, -0.15) is 0 Å². The Balaban J connectivity index is 0. The molecule has 9 heteroatoms. The van der Waals surface area contributed by atoms with Gasteiger partial charge in [0.1, 0.15) is 0 Å². The van der Waals surface area contributed by atoms with Gasteiger partial charge in [0.05, 0.1) is 0 Å². The van der Waals surface area contributed by atoms with Crippen LogP contribution in [0.3, 0.4) is 0 Å². The molecule has 0 rings (SSSR count). The van der Waals surface area contributed by atoms with E-state index >= 15 is 0 Å². The number of hydrogen-bond donors (Lipinski definition) is 0. The second-order valence-electron chi connectivity index (χ2n) is 0. The van der Waals surface area contributed by atoms with E-state index < -0.39 is 0 Å². The van der Waals surface area contributed by atoms with E-state index in [0.29, 0.717) is 0 Å². The van der Waals surface area contributed by atoms with Gasteiger partial charge in [-0.15, -0.1) is 0 Å². The maximum atomic E-state index is 0. The molecule has 0 unspecified atom stereocenters. The van der Waals surface area contributed by atoms with Crippen LogP contribution in [0.1, 0.15) is 0 Å². The molecule has 0 amide bonds. The van der Waals surface area contributed by atoms with E-state index in [1.807, 2.05) is 0 Å². The van der Waals surface area contributed by atoms with E-state index in [1.54, 1.807) is 0 Å². The summed E-state index contributed by atoms with van der Waals surface area (Å²) < 4.78 is 0. The first kappa shape index (κ1) is 6190. The summed E-state index contributed by atoms with van der Waals surface area (Å²) in [5.74, 6) is 0. The normalized spacial score (nSPS) is 0. The molecule has 0 atom stereocenters. The summed E-state index contributed by atoms with van der Waals surface area (Å²) in [6.07, 6.45) is 0. The summed E-state index contributed by atoms with van der Waals surface area (Å²) in [6, 6.07) is 0. The van der Waals surface area contributed by atoms with Crippen LogP contribution >= 0.6 is 0 Å². The van der Waals surface area contributed by atoms with E-state index in [1.165, 1.54) is 0 Å². The van der Waals surface area contributed by atoms with Crippen molar-refractivity contribution in [3.63, 3.8) is 0 Å². The van der Waals surface area contributed by atoms with Crippen molar-refractivity contribution in [2.45, 2.75) is 0 Å². The Labute approximate surface area is 64.4 Å². The van der Waals surface area contributed by atoms with Crippen LogP contribution in [0.5, 0.6) is 0 Å². The Kier molecular flexibility index (Phi) is 2940000. The first-order valence-electron chi connectivity index (χ1n) is 0. The minimum Gasteiger partial charge on any atom is -0.269 e. The average Bonchev–Trinajstić information content (AvgIpc) is 0. The van der Waals surface area contributed by atoms with Crippen molar-refractivity contribution in [1.29, 1.82) is 0 Å². The maximum absolute atomic E-state index is 0. The largest absolute Gasteiger partial charge is 0.269 e. The predicted molar refractivity (Wildman–Crippen MR) is 20.0 cm³/mol. The van der Waals surface area contributed by atoms with Crippen LogP contribution in [-0.4, -0.2) is 0 Å². The van der Waals surface area contributed by atoms with Crippen LogP contribution in [0.15, 0.2) is 0 Å². The maximum Gasteiger partial charge on any atom is 0 e. The number of halogens is 8. The van der Waals surface area contributed by atoms with Gasteiger partial charge in [-0.3, -0.25) is 37.6 Å². The zero-order valence-corrected chi connectivity index (χ0v) is 6.22. The van der Waals surface area contributed by atoms with E-state index in [9.17, 15) is 0 Å². The molecule has 0 aromatic rings. The molecule has 68 valence electrons. The second kappa shape index (κ2) is 4280. The standard InChI is InChI=1S/8FH.Zr/h8*1H;. The molecule has 0 fully saturated rings. The molecular weight excluding hydrogens is 243 g/mol. The summed E-state index contributed by atoms with van der Waals surface area (Å²) in [5, 5.41) is 0. The van der Waals surface area contributed by atoms with Crippen LogP contribution in [0, 0.1) is 0 Å². The minimum absolute atomic E-state index is 0. The first-order valence-corrected chi connectivity index (χ1v) is 0. The van der Waals surface area contributed by atoms with E-state index in [2.05, 4.69) is 0 Å². The minimum atomic E-state index is 0. The molecular formula is H8F8Zr. The van der Waals surface area contributed by atoms with Crippen LogP contribution in [-0.2, 0) is 26.2 Å². The third-order valence-electron chi connectivity index (χ3n) is 0. The molecule has 0 saturated heterocycles. The summed E-state index contributed by atoms with van der Waals surface area (Å²) in [5.41, 5.74) is 0. The quantitative estimate of drug-likeness (QED) is 0.568. The number of rotatable bonds is 0. The Morgan fingerprint density at radius 3 is 0.222 bits per heavy atom. The van der Waals surface area contributed by atoms with Crippen LogP contribution in [0.25, 0.3) is 0 Å². The van der Waals surface area contributed by atoms with E-state index in [-0.39, 0.29) is 63.8 Å². The second-order valence-corrected chi connectivity index (χ2v) is 0. The number of hydrogen-bond acceptors (Lipinski definition) is 0. The molecule has 0 aromatic carbocycles. The third-order valence-corrected chi connectivity index (χ3v) is 0. The molecule has 0 aliphatic heterocycles. The Morgan fingerprint density at radius 1 is 0.222 bits per heavy atom. The zero-order chi connectivity index (χ0) is 0. The van der Waals surface area contributed by atoms with Gasteiger partial charge in [0, 0.05) is 26.2 Å². The average molecular weight is 251 g/mol. The molecule has 0 aliphatic rings. The molecule has 9 heavy (non-hydrogen) atoms. The van der Waals surface area contributed by atoms with Crippen LogP contribution in [0.2, 0.25) is 0 Å². The Hall–Kier alpha value is 0.323. The molecule has 0 spiro atoms. The zero-order valence-electron chi connectivity index (χ0n) is 3.77. The molecule has 0 bridgehead atoms. The van der Waals surface area contributed by atoms with E-state index in [0.717, 1.165) is 0 Å².